The molecule has 2 atom stereocenters. The van der Waals surface area contributed by atoms with Crippen molar-refractivity contribution in [3.05, 3.63) is 80.3 Å². The summed E-state index contributed by atoms with van der Waals surface area (Å²) < 4.78 is 101. The molecule has 1 aromatic carbocycles. The SMILES string of the molecule is COCCN(CCOC)CC[C@H]1N(C(=O)c2cnccc2C(F)(F)F)CCC[C@@]1(Oc1csc(C(F)(F)F)c1)C(=O)N1CCc2ccc(Cl)cc2C1. The van der Waals surface area contributed by atoms with Gasteiger partial charge >= 0.3 is 12.4 Å². The van der Waals surface area contributed by atoms with Crippen LogP contribution in [0.2, 0.25) is 5.02 Å². The van der Waals surface area contributed by atoms with Crippen LogP contribution in [0.15, 0.2) is 48.1 Å². The first-order valence-corrected chi connectivity index (χ1v) is 17.9. The topological polar surface area (TPSA) is 84.4 Å². The number of benzene rings is 1. The van der Waals surface area contributed by atoms with E-state index in [1.54, 1.807) is 12.1 Å². The Morgan fingerprint density at radius 1 is 1.00 bits per heavy atom. The summed E-state index contributed by atoms with van der Waals surface area (Å²) in [6, 6.07) is 5.63. The number of amides is 2. The number of alkyl halides is 6. The third-order valence-electron chi connectivity index (χ3n) is 9.41. The number of likely N-dealkylation sites (tertiary alicyclic amines) is 1. The van der Waals surface area contributed by atoms with Gasteiger partial charge in [0.2, 0.25) is 5.60 Å². The highest BCUT2D eigenvalue weighted by atomic mass is 35.5. The second kappa shape index (κ2) is 16.7. The Morgan fingerprint density at radius 3 is 2.38 bits per heavy atom. The van der Waals surface area contributed by atoms with Crippen molar-refractivity contribution in [2.24, 2.45) is 0 Å². The third-order valence-corrected chi connectivity index (χ3v) is 10.6. The number of carbonyl (C=O) groups is 2. The summed E-state index contributed by atoms with van der Waals surface area (Å²) in [7, 11) is 3.05. The molecule has 3 aromatic rings. The molecule has 0 bridgehead atoms. The number of hydrogen-bond acceptors (Lipinski definition) is 8. The molecule has 1 fully saturated rings. The summed E-state index contributed by atoms with van der Waals surface area (Å²) in [5.41, 5.74) is -2.16. The lowest BCUT2D eigenvalue weighted by Crippen LogP contribution is -2.68. The fraction of sp³-hybridized carbons (Fsp3) is 0.514. The molecular formula is C35H39ClF6N4O5S. The first-order valence-electron chi connectivity index (χ1n) is 16.6. The van der Waals surface area contributed by atoms with Crippen molar-refractivity contribution in [2.75, 3.05) is 60.2 Å². The summed E-state index contributed by atoms with van der Waals surface area (Å²) in [5, 5.41) is 1.60. The molecule has 2 aliphatic rings. The molecule has 284 valence electrons. The van der Waals surface area contributed by atoms with Gasteiger partial charge in [-0.25, -0.2) is 0 Å². The van der Waals surface area contributed by atoms with E-state index in [-0.39, 0.29) is 51.2 Å². The van der Waals surface area contributed by atoms with Crippen molar-refractivity contribution >= 4 is 34.8 Å². The molecule has 52 heavy (non-hydrogen) atoms. The standard InChI is InChI=1S/C35H39ClF6N4O5S/c1-49-16-14-44(15-17-50-2)12-8-29-33(51-26-19-30(52-22-26)35(40,41)42,32(48)45-13-7-23-4-5-25(36)18-24(23)21-45)9-3-11-46(29)31(47)27-20-43-10-6-28(27)34(37,38)39/h4-6,10,18-20,22,29H,3,7-9,11-17,21H2,1-2H3/t29-,33+/m1/s1. The summed E-state index contributed by atoms with van der Waals surface area (Å²) in [6.45, 7) is 2.01. The maximum Gasteiger partial charge on any atom is 0.425 e. The zero-order valence-electron chi connectivity index (χ0n) is 28.6. The average molecular weight is 777 g/mol. The monoisotopic (exact) mass is 776 g/mol. The van der Waals surface area contributed by atoms with Gasteiger partial charge in [0, 0.05) is 88.8 Å². The molecule has 1 saturated heterocycles. The van der Waals surface area contributed by atoms with Crippen LogP contribution < -0.4 is 4.74 Å². The number of ether oxygens (including phenoxy) is 3. The van der Waals surface area contributed by atoms with Crippen molar-refractivity contribution in [1.29, 1.82) is 0 Å². The van der Waals surface area contributed by atoms with E-state index in [9.17, 15) is 31.1 Å². The number of methoxy groups -OCH3 is 2. The van der Waals surface area contributed by atoms with Crippen molar-refractivity contribution in [3.8, 4) is 5.75 Å². The van der Waals surface area contributed by atoms with Gasteiger partial charge in [0.15, 0.2) is 0 Å². The fourth-order valence-electron chi connectivity index (χ4n) is 6.88. The number of aromatic nitrogens is 1. The predicted molar refractivity (Wildman–Crippen MR) is 181 cm³/mol. The molecule has 2 aliphatic heterocycles. The Kier molecular flexibility index (Phi) is 12.8. The van der Waals surface area contributed by atoms with E-state index < -0.39 is 51.8 Å². The number of pyridine rings is 1. The number of nitrogens with zero attached hydrogens (tertiary/aromatic N) is 4. The van der Waals surface area contributed by atoms with E-state index >= 15 is 4.79 Å². The van der Waals surface area contributed by atoms with Gasteiger partial charge in [-0.05, 0) is 48.6 Å². The Morgan fingerprint density at radius 2 is 1.73 bits per heavy atom. The van der Waals surface area contributed by atoms with E-state index in [1.807, 2.05) is 11.0 Å². The van der Waals surface area contributed by atoms with Gasteiger partial charge < -0.3 is 24.0 Å². The number of rotatable bonds is 13. The molecule has 0 aliphatic carbocycles. The Balaban J connectivity index is 1.63. The molecule has 0 spiro atoms. The molecule has 2 amide bonds. The molecule has 0 saturated carbocycles. The lowest BCUT2D eigenvalue weighted by Gasteiger charge is -2.50. The number of fused-ring (bicyclic) bond motifs is 1. The molecule has 5 rings (SSSR count). The van der Waals surface area contributed by atoms with Gasteiger partial charge in [0.1, 0.15) is 10.6 Å². The summed E-state index contributed by atoms with van der Waals surface area (Å²) in [5.74, 6) is -1.86. The van der Waals surface area contributed by atoms with Gasteiger partial charge in [0.25, 0.3) is 11.8 Å². The van der Waals surface area contributed by atoms with Gasteiger partial charge in [-0.1, -0.05) is 17.7 Å². The minimum absolute atomic E-state index is 0.0129. The molecule has 0 radical (unpaired) electrons. The highest BCUT2D eigenvalue weighted by Gasteiger charge is 2.56. The number of thiophene rings is 1. The Hall–Kier alpha value is -3.44. The minimum atomic E-state index is -4.90. The molecular weight excluding hydrogens is 738 g/mol. The van der Waals surface area contributed by atoms with E-state index in [1.165, 1.54) is 24.0 Å². The summed E-state index contributed by atoms with van der Waals surface area (Å²) >= 11 is 6.67. The van der Waals surface area contributed by atoms with Crippen molar-refractivity contribution in [2.45, 2.75) is 56.2 Å². The van der Waals surface area contributed by atoms with Crippen molar-refractivity contribution < 1.29 is 50.1 Å². The largest absolute Gasteiger partial charge is 0.474 e. The van der Waals surface area contributed by atoms with Crippen LogP contribution in [0, 0.1) is 0 Å². The number of hydrogen-bond donors (Lipinski definition) is 0. The fourth-order valence-corrected chi connectivity index (χ4v) is 7.75. The van der Waals surface area contributed by atoms with Crippen LogP contribution in [0.1, 0.15) is 51.2 Å². The lowest BCUT2D eigenvalue weighted by atomic mass is 9.79. The highest BCUT2D eigenvalue weighted by molar-refractivity contribution is 7.10. The number of piperidine rings is 1. The number of halogens is 7. The van der Waals surface area contributed by atoms with Gasteiger partial charge in [-0.15, -0.1) is 11.3 Å². The third kappa shape index (κ3) is 9.01. The van der Waals surface area contributed by atoms with Crippen molar-refractivity contribution in [3.63, 3.8) is 0 Å². The van der Waals surface area contributed by atoms with Crippen LogP contribution in [-0.4, -0.2) is 103 Å². The first-order chi connectivity index (χ1) is 24.7. The predicted octanol–water partition coefficient (Wildman–Crippen LogP) is 6.83. The van der Waals surface area contributed by atoms with Crippen LogP contribution in [0.3, 0.4) is 0 Å². The Labute approximate surface area is 306 Å². The minimum Gasteiger partial charge on any atom is -0.474 e. The second-order valence-corrected chi connectivity index (χ2v) is 14.0. The van der Waals surface area contributed by atoms with Gasteiger partial charge in [-0.3, -0.25) is 19.5 Å². The van der Waals surface area contributed by atoms with Gasteiger partial charge in [-0.2, -0.15) is 26.3 Å². The number of carbonyl (C=O) groups excluding carboxylic acids is 2. The molecule has 17 heteroatoms. The van der Waals surface area contributed by atoms with Gasteiger partial charge in [0.05, 0.1) is 30.4 Å². The zero-order valence-corrected chi connectivity index (χ0v) is 30.1. The molecule has 2 aromatic heterocycles. The maximum atomic E-state index is 15.1. The normalized spacial score (nSPS) is 19.5. The second-order valence-electron chi connectivity index (χ2n) is 12.7. The van der Waals surface area contributed by atoms with Crippen LogP contribution in [0.25, 0.3) is 0 Å². The van der Waals surface area contributed by atoms with E-state index in [2.05, 4.69) is 4.98 Å². The van der Waals surface area contributed by atoms with E-state index in [0.29, 0.717) is 55.1 Å². The molecule has 0 unspecified atom stereocenters. The molecule has 0 N–H and O–H groups in total. The van der Waals surface area contributed by atoms with Crippen LogP contribution in [-0.2, 0) is 39.6 Å². The highest BCUT2D eigenvalue weighted by Crippen LogP contribution is 2.43. The Bertz CT molecular complexity index is 1700. The quantitative estimate of drug-likeness (QED) is 0.176. The maximum absolute atomic E-state index is 15.1. The van der Waals surface area contributed by atoms with Crippen LogP contribution in [0.5, 0.6) is 5.75 Å². The average Bonchev–Trinajstić information content (AvgIpc) is 3.59. The molecule has 4 heterocycles. The van der Waals surface area contributed by atoms with E-state index in [0.717, 1.165) is 35.0 Å². The lowest BCUT2D eigenvalue weighted by molar-refractivity contribution is -0.160. The van der Waals surface area contributed by atoms with E-state index in [4.69, 9.17) is 25.8 Å². The summed E-state index contributed by atoms with van der Waals surface area (Å²) in [6.07, 6.45) is -7.26. The zero-order chi connectivity index (χ0) is 37.7. The van der Waals surface area contributed by atoms with Crippen LogP contribution in [0.4, 0.5) is 26.3 Å². The molecule has 9 nitrogen and oxygen atoms in total. The smallest absolute Gasteiger partial charge is 0.425 e. The first kappa shape index (κ1) is 39.8. The summed E-state index contributed by atoms with van der Waals surface area (Å²) in [4.78, 5) is 36.9. The van der Waals surface area contributed by atoms with Crippen LogP contribution >= 0.6 is 22.9 Å². The van der Waals surface area contributed by atoms with Crippen molar-refractivity contribution in [1.82, 2.24) is 19.7 Å².